The lowest BCUT2D eigenvalue weighted by Crippen LogP contribution is -2.49. The third kappa shape index (κ3) is 2.93. The van der Waals surface area contributed by atoms with Gasteiger partial charge in [-0.1, -0.05) is 48.0 Å². The maximum atomic E-state index is 13.7. The Balaban J connectivity index is 1.58. The van der Waals surface area contributed by atoms with Gasteiger partial charge < -0.3 is 14.2 Å². The molecule has 0 spiro atoms. The second-order valence-corrected chi connectivity index (χ2v) is 8.61. The van der Waals surface area contributed by atoms with Crippen LogP contribution < -0.4 is 4.74 Å². The van der Waals surface area contributed by atoms with Gasteiger partial charge in [0.15, 0.2) is 0 Å². The number of benzene rings is 2. The molecule has 2 aromatic carbocycles. The number of piperidine rings is 1. The van der Waals surface area contributed by atoms with E-state index in [1.54, 1.807) is 19.2 Å². The number of carbonyl (C=O) groups is 1. The molecule has 0 N–H and O–H groups in total. The van der Waals surface area contributed by atoms with Gasteiger partial charge in [0.1, 0.15) is 5.75 Å². The standard InChI is InChI=1S/C25H25ClN2O2/c1-27-15-20-19(24(27)16-8-4-3-5-9-16)14-17-10-6-12-21(20)28(17)25(29)18-11-7-13-22(30-2)23(18)26/h3-5,7-9,11,13,15,17,21H,6,10,12,14H2,1-2H3. The first-order chi connectivity index (χ1) is 14.6. The Hall–Kier alpha value is -2.72. The summed E-state index contributed by atoms with van der Waals surface area (Å²) in [5, 5.41) is 0.395. The van der Waals surface area contributed by atoms with E-state index in [-0.39, 0.29) is 18.0 Å². The summed E-state index contributed by atoms with van der Waals surface area (Å²) in [6.45, 7) is 0. The van der Waals surface area contributed by atoms with Gasteiger partial charge in [-0.25, -0.2) is 0 Å². The number of hydrogen-bond donors (Lipinski definition) is 0. The molecule has 2 aliphatic heterocycles. The molecule has 1 saturated heterocycles. The van der Waals surface area contributed by atoms with Gasteiger partial charge in [0, 0.05) is 19.3 Å². The number of aromatic nitrogens is 1. The van der Waals surface area contributed by atoms with E-state index in [1.807, 2.05) is 12.1 Å². The molecule has 3 aromatic rings. The number of aryl methyl sites for hydroxylation is 1. The Morgan fingerprint density at radius 1 is 1.10 bits per heavy atom. The fourth-order valence-electron chi connectivity index (χ4n) is 5.28. The van der Waals surface area contributed by atoms with Crippen molar-refractivity contribution in [3.8, 4) is 17.0 Å². The summed E-state index contributed by atoms with van der Waals surface area (Å²) >= 11 is 6.51. The smallest absolute Gasteiger partial charge is 0.256 e. The van der Waals surface area contributed by atoms with Crippen LogP contribution in [0.2, 0.25) is 5.02 Å². The van der Waals surface area contributed by atoms with E-state index >= 15 is 0 Å². The maximum Gasteiger partial charge on any atom is 0.256 e. The highest BCUT2D eigenvalue weighted by molar-refractivity contribution is 6.35. The molecule has 2 unspecified atom stereocenters. The minimum atomic E-state index is 0.00404. The monoisotopic (exact) mass is 420 g/mol. The van der Waals surface area contributed by atoms with Crippen LogP contribution in [0.4, 0.5) is 0 Å². The van der Waals surface area contributed by atoms with E-state index in [0.29, 0.717) is 16.3 Å². The zero-order valence-corrected chi connectivity index (χ0v) is 18.0. The second-order valence-electron chi connectivity index (χ2n) is 8.23. The highest BCUT2D eigenvalue weighted by Crippen LogP contribution is 2.46. The number of nitrogens with zero attached hydrogens (tertiary/aromatic N) is 2. The summed E-state index contributed by atoms with van der Waals surface area (Å²) in [5.74, 6) is 0.542. The van der Waals surface area contributed by atoms with Crippen molar-refractivity contribution in [1.82, 2.24) is 9.47 Å². The molecule has 1 fully saturated rings. The van der Waals surface area contributed by atoms with E-state index in [1.165, 1.54) is 22.4 Å². The molecule has 2 bridgehead atoms. The number of methoxy groups -OCH3 is 1. The highest BCUT2D eigenvalue weighted by atomic mass is 35.5. The molecule has 3 heterocycles. The lowest BCUT2D eigenvalue weighted by Gasteiger charge is -2.46. The topological polar surface area (TPSA) is 34.5 Å². The molecule has 5 heteroatoms. The van der Waals surface area contributed by atoms with Gasteiger partial charge in [-0.15, -0.1) is 0 Å². The van der Waals surface area contributed by atoms with Crippen molar-refractivity contribution in [3.63, 3.8) is 0 Å². The second kappa shape index (κ2) is 7.51. The fraction of sp³-hybridized carbons (Fsp3) is 0.320. The quantitative estimate of drug-likeness (QED) is 0.549. The Kier molecular flexibility index (Phi) is 4.82. The molecule has 5 rings (SSSR count). The van der Waals surface area contributed by atoms with E-state index in [9.17, 15) is 4.79 Å². The summed E-state index contributed by atoms with van der Waals surface area (Å²) in [6, 6.07) is 16.2. The predicted molar refractivity (Wildman–Crippen MR) is 119 cm³/mol. The van der Waals surface area contributed by atoms with Gasteiger partial charge >= 0.3 is 0 Å². The normalized spacial score (nSPS) is 20.0. The third-order valence-corrected chi connectivity index (χ3v) is 6.95. The molecule has 1 aromatic heterocycles. The first kappa shape index (κ1) is 19.3. The minimum absolute atomic E-state index is 0.00404. The fourth-order valence-corrected chi connectivity index (χ4v) is 5.56. The molecule has 0 aliphatic carbocycles. The van der Waals surface area contributed by atoms with Crippen molar-refractivity contribution in [2.75, 3.05) is 7.11 Å². The van der Waals surface area contributed by atoms with Gasteiger partial charge in [-0.2, -0.15) is 0 Å². The number of hydrogen-bond acceptors (Lipinski definition) is 2. The van der Waals surface area contributed by atoms with E-state index in [4.69, 9.17) is 16.3 Å². The Morgan fingerprint density at radius 3 is 2.67 bits per heavy atom. The molecular formula is C25H25ClN2O2. The van der Waals surface area contributed by atoms with E-state index < -0.39 is 0 Å². The van der Waals surface area contributed by atoms with Crippen molar-refractivity contribution < 1.29 is 9.53 Å². The Labute approximate surface area is 182 Å². The number of carbonyl (C=O) groups excluding carboxylic acids is 1. The van der Waals surface area contributed by atoms with Crippen LogP contribution in [0.5, 0.6) is 5.75 Å². The molecule has 0 radical (unpaired) electrons. The van der Waals surface area contributed by atoms with Crippen LogP contribution in [0.25, 0.3) is 11.3 Å². The van der Waals surface area contributed by atoms with Crippen LogP contribution in [0.3, 0.4) is 0 Å². The van der Waals surface area contributed by atoms with Crippen LogP contribution in [-0.4, -0.2) is 28.5 Å². The largest absolute Gasteiger partial charge is 0.495 e. The first-order valence-corrected chi connectivity index (χ1v) is 10.9. The number of rotatable bonds is 3. The molecular weight excluding hydrogens is 396 g/mol. The van der Waals surface area contributed by atoms with Crippen LogP contribution in [0.1, 0.15) is 46.8 Å². The average Bonchev–Trinajstić information content (AvgIpc) is 3.09. The number of halogens is 1. The summed E-state index contributed by atoms with van der Waals surface area (Å²) in [6.07, 6.45) is 6.24. The third-order valence-electron chi connectivity index (χ3n) is 6.56. The SMILES string of the molecule is COc1cccc(C(=O)N2C3CCCC2c2cn(C)c(-c4ccccc4)c2C3)c1Cl. The van der Waals surface area contributed by atoms with E-state index in [2.05, 4.69) is 47.0 Å². The highest BCUT2D eigenvalue weighted by Gasteiger charge is 2.42. The molecule has 1 amide bonds. The van der Waals surface area contributed by atoms with Crippen molar-refractivity contribution in [2.24, 2.45) is 7.05 Å². The van der Waals surface area contributed by atoms with Gasteiger partial charge in [-0.05, 0) is 54.5 Å². The van der Waals surface area contributed by atoms with Crippen LogP contribution in [-0.2, 0) is 13.5 Å². The van der Waals surface area contributed by atoms with Gasteiger partial charge in [0.25, 0.3) is 5.91 Å². The Bertz CT molecular complexity index is 1110. The average molecular weight is 421 g/mol. The molecule has 2 atom stereocenters. The summed E-state index contributed by atoms with van der Waals surface area (Å²) < 4.78 is 7.56. The van der Waals surface area contributed by atoms with Gasteiger partial charge in [0.05, 0.1) is 29.4 Å². The maximum absolute atomic E-state index is 13.7. The van der Waals surface area contributed by atoms with Gasteiger partial charge in [0.2, 0.25) is 0 Å². The van der Waals surface area contributed by atoms with Gasteiger partial charge in [-0.3, -0.25) is 4.79 Å². The lowest BCUT2D eigenvalue weighted by atomic mass is 9.80. The van der Waals surface area contributed by atoms with Crippen molar-refractivity contribution in [1.29, 1.82) is 0 Å². The number of ether oxygens (including phenoxy) is 1. The van der Waals surface area contributed by atoms with Crippen molar-refractivity contribution in [3.05, 3.63) is 76.4 Å². The molecule has 0 saturated carbocycles. The summed E-state index contributed by atoms with van der Waals surface area (Å²) in [7, 11) is 3.68. The first-order valence-electron chi connectivity index (χ1n) is 10.5. The van der Waals surface area contributed by atoms with Crippen molar-refractivity contribution in [2.45, 2.75) is 37.8 Å². The molecule has 4 nitrogen and oxygen atoms in total. The molecule has 2 aliphatic rings. The van der Waals surface area contributed by atoms with Crippen LogP contribution >= 0.6 is 11.6 Å². The lowest BCUT2D eigenvalue weighted by molar-refractivity contribution is 0.0403. The number of fused-ring (bicyclic) bond motifs is 4. The van der Waals surface area contributed by atoms with Crippen LogP contribution in [0, 0.1) is 0 Å². The number of amides is 1. The van der Waals surface area contributed by atoms with E-state index in [0.717, 1.165) is 25.7 Å². The molecule has 154 valence electrons. The summed E-state index contributed by atoms with van der Waals surface area (Å²) in [5.41, 5.74) is 5.69. The summed E-state index contributed by atoms with van der Waals surface area (Å²) in [4.78, 5) is 15.7. The zero-order chi connectivity index (χ0) is 20.8. The minimum Gasteiger partial charge on any atom is -0.495 e. The van der Waals surface area contributed by atoms with Crippen molar-refractivity contribution >= 4 is 17.5 Å². The zero-order valence-electron chi connectivity index (χ0n) is 17.3. The predicted octanol–water partition coefficient (Wildman–Crippen LogP) is 5.65. The Morgan fingerprint density at radius 2 is 1.90 bits per heavy atom. The van der Waals surface area contributed by atoms with Crippen LogP contribution in [0.15, 0.2) is 54.7 Å². The molecule has 30 heavy (non-hydrogen) atoms.